The Hall–Kier alpha value is -1.32. The van der Waals surface area contributed by atoms with Crippen LogP contribution in [0, 0.1) is 0 Å². The molecule has 0 heterocycles. The van der Waals surface area contributed by atoms with E-state index in [9.17, 15) is 9.59 Å². The number of unbranched alkanes of at least 4 members (excludes halogenated alkanes) is 2. The Morgan fingerprint density at radius 2 is 1.94 bits per heavy atom. The summed E-state index contributed by atoms with van der Waals surface area (Å²) in [6, 6.07) is 0. The number of rotatable bonds is 8. The summed E-state index contributed by atoms with van der Waals surface area (Å²) in [5.41, 5.74) is 0. The summed E-state index contributed by atoms with van der Waals surface area (Å²) in [5.74, 6) is -1.72. The number of carbonyl (C=O) groups is 2. The van der Waals surface area contributed by atoms with Gasteiger partial charge < -0.3 is 9.84 Å². The van der Waals surface area contributed by atoms with Crippen molar-refractivity contribution >= 4 is 11.9 Å². The van der Waals surface area contributed by atoms with Crippen LogP contribution < -0.4 is 0 Å². The van der Waals surface area contributed by atoms with Gasteiger partial charge in [0, 0.05) is 12.2 Å². The average Bonchev–Trinajstić information content (AvgIpc) is 2.25. The normalized spacial score (nSPS) is 12.6. The monoisotopic (exact) mass is 228 g/mol. The van der Waals surface area contributed by atoms with E-state index in [0.717, 1.165) is 44.3 Å². The Bertz CT molecular complexity index is 245. The van der Waals surface area contributed by atoms with Crippen LogP contribution in [0.25, 0.3) is 0 Å². The van der Waals surface area contributed by atoms with Gasteiger partial charge in [0.1, 0.15) is 6.10 Å². The lowest BCUT2D eigenvalue weighted by molar-refractivity contribution is -0.144. The van der Waals surface area contributed by atoms with Crippen molar-refractivity contribution in [2.45, 2.75) is 52.1 Å². The highest BCUT2D eigenvalue weighted by atomic mass is 16.5. The molecule has 16 heavy (non-hydrogen) atoms. The Labute approximate surface area is 96.3 Å². The van der Waals surface area contributed by atoms with Crippen LogP contribution in [0.3, 0.4) is 0 Å². The van der Waals surface area contributed by atoms with Gasteiger partial charge in [-0.25, -0.2) is 9.59 Å². The zero-order valence-corrected chi connectivity index (χ0v) is 9.94. The molecule has 0 saturated heterocycles. The first-order valence-electron chi connectivity index (χ1n) is 5.71. The highest BCUT2D eigenvalue weighted by Gasteiger charge is 2.10. The molecule has 0 aromatic heterocycles. The zero-order valence-electron chi connectivity index (χ0n) is 9.94. The lowest BCUT2D eigenvalue weighted by atomic mass is 10.1. The number of carboxylic acids is 1. The maximum Gasteiger partial charge on any atom is 0.331 e. The van der Waals surface area contributed by atoms with Crippen molar-refractivity contribution in [1.29, 1.82) is 0 Å². The number of carbonyl (C=O) groups excluding carboxylic acids is 1. The molecule has 0 radical (unpaired) electrons. The lowest BCUT2D eigenvalue weighted by Gasteiger charge is -2.14. The first-order valence-corrected chi connectivity index (χ1v) is 5.71. The van der Waals surface area contributed by atoms with Crippen LogP contribution in [0.2, 0.25) is 0 Å². The molecule has 0 aromatic carbocycles. The van der Waals surface area contributed by atoms with E-state index >= 15 is 0 Å². The summed E-state index contributed by atoms with van der Waals surface area (Å²) in [4.78, 5) is 21.4. The van der Waals surface area contributed by atoms with Gasteiger partial charge in [0.05, 0.1) is 0 Å². The third-order valence-electron chi connectivity index (χ3n) is 2.23. The molecule has 0 amide bonds. The number of ether oxygens (including phenoxy) is 1. The Morgan fingerprint density at radius 1 is 1.25 bits per heavy atom. The molecule has 92 valence electrons. The van der Waals surface area contributed by atoms with Crippen LogP contribution in [0.4, 0.5) is 0 Å². The molecule has 1 N–H and O–H groups in total. The van der Waals surface area contributed by atoms with Gasteiger partial charge in [0.25, 0.3) is 0 Å². The Balaban J connectivity index is 3.92. The molecular formula is C12H20O4. The van der Waals surface area contributed by atoms with Crippen molar-refractivity contribution in [1.82, 2.24) is 0 Å². The van der Waals surface area contributed by atoms with Crippen molar-refractivity contribution in [2.75, 3.05) is 0 Å². The van der Waals surface area contributed by atoms with E-state index in [1.807, 2.05) is 6.92 Å². The Morgan fingerprint density at radius 3 is 2.44 bits per heavy atom. The molecule has 0 aromatic rings. The second kappa shape index (κ2) is 8.95. The summed E-state index contributed by atoms with van der Waals surface area (Å²) in [6.07, 6.45) is 6.53. The second-order valence-electron chi connectivity index (χ2n) is 3.63. The van der Waals surface area contributed by atoms with Gasteiger partial charge in [-0.3, -0.25) is 0 Å². The smallest absolute Gasteiger partial charge is 0.331 e. The fourth-order valence-electron chi connectivity index (χ4n) is 1.31. The molecule has 4 nitrogen and oxygen atoms in total. The van der Waals surface area contributed by atoms with Gasteiger partial charge in [-0.15, -0.1) is 0 Å². The topological polar surface area (TPSA) is 63.6 Å². The summed E-state index contributed by atoms with van der Waals surface area (Å²) in [5, 5.41) is 8.33. The molecule has 0 saturated carbocycles. The van der Waals surface area contributed by atoms with Crippen molar-refractivity contribution in [3.63, 3.8) is 0 Å². The molecule has 0 spiro atoms. The maximum atomic E-state index is 11.2. The molecule has 0 aliphatic heterocycles. The van der Waals surface area contributed by atoms with Crippen molar-refractivity contribution in [2.24, 2.45) is 0 Å². The quantitative estimate of drug-likeness (QED) is 0.394. The lowest BCUT2D eigenvalue weighted by Crippen LogP contribution is -2.16. The predicted octanol–water partition coefficient (Wildman–Crippen LogP) is 2.53. The van der Waals surface area contributed by atoms with E-state index in [1.165, 1.54) is 0 Å². The highest BCUT2D eigenvalue weighted by Crippen LogP contribution is 2.10. The minimum absolute atomic E-state index is 0.0995. The first-order chi connectivity index (χ1) is 7.60. The SMILES string of the molecule is CCCCCC(CC)OC(=O)/C=C/C(=O)O. The molecule has 0 fully saturated rings. The average molecular weight is 228 g/mol. The van der Waals surface area contributed by atoms with Crippen molar-refractivity contribution < 1.29 is 19.4 Å². The van der Waals surface area contributed by atoms with Crippen LogP contribution in [0.5, 0.6) is 0 Å². The summed E-state index contributed by atoms with van der Waals surface area (Å²) < 4.78 is 5.11. The third kappa shape index (κ3) is 8.03. The molecule has 1 unspecified atom stereocenters. The van der Waals surface area contributed by atoms with E-state index in [4.69, 9.17) is 9.84 Å². The summed E-state index contributed by atoms with van der Waals surface area (Å²) in [7, 11) is 0. The minimum atomic E-state index is -1.14. The number of carboxylic acid groups (broad SMARTS) is 1. The molecule has 0 rings (SSSR count). The number of aliphatic carboxylic acids is 1. The largest absolute Gasteiger partial charge is 0.478 e. The van der Waals surface area contributed by atoms with Crippen LogP contribution in [-0.2, 0) is 14.3 Å². The molecule has 0 aliphatic rings. The van der Waals surface area contributed by atoms with E-state index in [-0.39, 0.29) is 6.10 Å². The summed E-state index contributed by atoms with van der Waals surface area (Å²) in [6.45, 7) is 4.06. The van der Waals surface area contributed by atoms with Crippen LogP contribution >= 0.6 is 0 Å². The van der Waals surface area contributed by atoms with E-state index in [1.54, 1.807) is 0 Å². The van der Waals surface area contributed by atoms with Gasteiger partial charge in [-0.1, -0.05) is 26.7 Å². The molecule has 0 bridgehead atoms. The predicted molar refractivity (Wildman–Crippen MR) is 61.1 cm³/mol. The molecule has 1 atom stereocenters. The van der Waals surface area contributed by atoms with E-state index in [0.29, 0.717) is 0 Å². The Kier molecular flexibility index (Phi) is 8.21. The minimum Gasteiger partial charge on any atom is -0.478 e. The van der Waals surface area contributed by atoms with Gasteiger partial charge in [0.15, 0.2) is 0 Å². The van der Waals surface area contributed by atoms with Crippen molar-refractivity contribution in [3.05, 3.63) is 12.2 Å². The zero-order chi connectivity index (χ0) is 12.4. The summed E-state index contributed by atoms with van der Waals surface area (Å²) >= 11 is 0. The maximum absolute atomic E-state index is 11.2. The number of hydrogen-bond acceptors (Lipinski definition) is 3. The van der Waals surface area contributed by atoms with Gasteiger partial charge in [0.2, 0.25) is 0 Å². The number of esters is 1. The van der Waals surface area contributed by atoms with Crippen molar-refractivity contribution in [3.8, 4) is 0 Å². The van der Waals surface area contributed by atoms with Crippen LogP contribution in [0.15, 0.2) is 12.2 Å². The third-order valence-corrected chi connectivity index (χ3v) is 2.23. The fourth-order valence-corrected chi connectivity index (χ4v) is 1.31. The van der Waals surface area contributed by atoms with E-state index in [2.05, 4.69) is 6.92 Å². The fraction of sp³-hybridized carbons (Fsp3) is 0.667. The standard InChI is InChI=1S/C12H20O4/c1-3-5-6-7-10(4-2)16-12(15)9-8-11(13)14/h8-10H,3-7H2,1-2H3,(H,13,14)/b9-8+. The molecule has 0 aliphatic carbocycles. The highest BCUT2D eigenvalue weighted by molar-refractivity contribution is 5.90. The van der Waals surface area contributed by atoms with Gasteiger partial charge in [-0.2, -0.15) is 0 Å². The molecule has 4 heteroatoms. The number of hydrogen-bond donors (Lipinski definition) is 1. The molecular weight excluding hydrogens is 208 g/mol. The van der Waals surface area contributed by atoms with Gasteiger partial charge >= 0.3 is 11.9 Å². The van der Waals surface area contributed by atoms with Gasteiger partial charge in [-0.05, 0) is 19.3 Å². The van der Waals surface area contributed by atoms with E-state index < -0.39 is 11.9 Å². The first kappa shape index (κ1) is 14.7. The van der Waals surface area contributed by atoms with Crippen LogP contribution in [0.1, 0.15) is 46.0 Å². The van der Waals surface area contributed by atoms with Crippen LogP contribution in [-0.4, -0.2) is 23.1 Å². The second-order valence-corrected chi connectivity index (χ2v) is 3.63.